The van der Waals surface area contributed by atoms with Crippen LogP contribution in [0.3, 0.4) is 0 Å². The van der Waals surface area contributed by atoms with Crippen molar-refractivity contribution in [2.24, 2.45) is 0 Å². The topological polar surface area (TPSA) is 87.6 Å². The van der Waals surface area contributed by atoms with Gasteiger partial charge in [0.05, 0.1) is 6.54 Å². The number of amides is 1. The summed E-state index contributed by atoms with van der Waals surface area (Å²) in [5.41, 5.74) is 1.04. The summed E-state index contributed by atoms with van der Waals surface area (Å²) < 4.78 is 35.1. The number of likely N-dealkylation sites (tertiary alicyclic amines) is 1. The van der Waals surface area contributed by atoms with Crippen LogP contribution in [0, 0.1) is 0 Å². The minimum Gasteiger partial charge on any atom is -0.381 e. The number of hydrogen-bond donors (Lipinski definition) is 2. The van der Waals surface area contributed by atoms with E-state index in [4.69, 9.17) is 9.84 Å². The molecule has 10 heteroatoms. The second-order valence-electron chi connectivity index (χ2n) is 5.77. The standard InChI is InChI=1S/C14H20N4O2.CHF3O/c19-14(18-4-1-5-18)9-15-13-8-12(16-10-17-13)11-2-6-20-7-3-11;2-1(3,4)5/h8,10-11H,1-7,9H2,(H,15,16,17);5H. The Balaban J connectivity index is 0.000000399. The van der Waals surface area contributed by atoms with Crippen molar-refractivity contribution in [1.82, 2.24) is 14.9 Å². The number of aromatic nitrogens is 2. The van der Waals surface area contributed by atoms with Crippen LogP contribution in [0.5, 0.6) is 0 Å². The normalized spacial score (nSPS) is 18.0. The molecule has 2 aliphatic heterocycles. The van der Waals surface area contributed by atoms with Gasteiger partial charge in [-0.1, -0.05) is 0 Å². The van der Waals surface area contributed by atoms with Gasteiger partial charge in [0.25, 0.3) is 0 Å². The van der Waals surface area contributed by atoms with Gasteiger partial charge in [0.1, 0.15) is 12.1 Å². The number of nitrogens with zero attached hydrogens (tertiary/aromatic N) is 3. The van der Waals surface area contributed by atoms with E-state index in [1.54, 1.807) is 6.33 Å². The molecule has 0 saturated carbocycles. The molecule has 0 atom stereocenters. The zero-order valence-electron chi connectivity index (χ0n) is 13.6. The van der Waals surface area contributed by atoms with Gasteiger partial charge in [-0.15, -0.1) is 13.2 Å². The lowest BCUT2D eigenvalue weighted by Crippen LogP contribution is -2.44. The van der Waals surface area contributed by atoms with E-state index in [1.807, 2.05) is 11.0 Å². The molecule has 2 saturated heterocycles. The van der Waals surface area contributed by atoms with Crippen molar-refractivity contribution < 1.29 is 27.8 Å². The summed E-state index contributed by atoms with van der Waals surface area (Å²) in [4.78, 5) is 22.2. The van der Waals surface area contributed by atoms with Gasteiger partial charge in [0.15, 0.2) is 0 Å². The minimum absolute atomic E-state index is 0.141. The molecule has 140 valence electrons. The zero-order valence-corrected chi connectivity index (χ0v) is 13.6. The van der Waals surface area contributed by atoms with Gasteiger partial charge in [0.2, 0.25) is 5.91 Å². The Morgan fingerprint density at radius 3 is 2.52 bits per heavy atom. The van der Waals surface area contributed by atoms with Crippen LogP contribution in [0.2, 0.25) is 0 Å². The molecule has 2 N–H and O–H groups in total. The average Bonchev–Trinajstić information content (AvgIpc) is 2.51. The third-order valence-electron chi connectivity index (χ3n) is 3.96. The van der Waals surface area contributed by atoms with Gasteiger partial charge in [-0.05, 0) is 19.3 Å². The Hall–Kier alpha value is -1.94. The first-order chi connectivity index (χ1) is 11.8. The summed E-state index contributed by atoms with van der Waals surface area (Å²) >= 11 is 0. The molecule has 2 aliphatic rings. The number of rotatable bonds is 4. The molecule has 7 nitrogen and oxygen atoms in total. The first-order valence-electron chi connectivity index (χ1n) is 8.03. The highest BCUT2D eigenvalue weighted by molar-refractivity contribution is 5.81. The van der Waals surface area contributed by atoms with E-state index in [2.05, 4.69) is 15.3 Å². The largest absolute Gasteiger partial charge is 0.519 e. The van der Waals surface area contributed by atoms with Crippen LogP contribution in [-0.4, -0.2) is 65.1 Å². The number of alkyl halides is 3. The van der Waals surface area contributed by atoms with Crippen LogP contribution in [0.4, 0.5) is 19.0 Å². The molecule has 0 aliphatic carbocycles. The number of carbonyl (C=O) groups excluding carboxylic acids is 1. The van der Waals surface area contributed by atoms with E-state index in [9.17, 15) is 18.0 Å². The molecular formula is C15H21F3N4O3. The molecule has 3 heterocycles. The molecule has 0 bridgehead atoms. The maximum absolute atomic E-state index is 11.8. The first kappa shape index (κ1) is 19.4. The molecule has 25 heavy (non-hydrogen) atoms. The third kappa shape index (κ3) is 7.22. The number of halogens is 3. The predicted molar refractivity (Wildman–Crippen MR) is 82.8 cm³/mol. The number of carbonyl (C=O) groups is 1. The molecular weight excluding hydrogens is 341 g/mol. The molecule has 1 aromatic rings. The summed E-state index contributed by atoms with van der Waals surface area (Å²) in [6.07, 6.45) is -0.305. The van der Waals surface area contributed by atoms with Gasteiger partial charge in [-0.25, -0.2) is 9.97 Å². The summed E-state index contributed by atoms with van der Waals surface area (Å²) in [7, 11) is 0. The van der Waals surface area contributed by atoms with E-state index in [0.29, 0.717) is 12.5 Å². The molecule has 0 radical (unpaired) electrons. The van der Waals surface area contributed by atoms with Gasteiger partial charge in [0, 0.05) is 44.0 Å². The molecule has 1 aromatic heterocycles. The fourth-order valence-electron chi connectivity index (χ4n) is 2.53. The first-order valence-corrected chi connectivity index (χ1v) is 8.03. The lowest BCUT2D eigenvalue weighted by molar-refractivity contribution is -0.295. The Kier molecular flexibility index (Phi) is 6.94. The van der Waals surface area contributed by atoms with Crippen LogP contribution >= 0.6 is 0 Å². The molecule has 0 spiro atoms. The highest BCUT2D eigenvalue weighted by Gasteiger charge is 2.21. The summed E-state index contributed by atoms with van der Waals surface area (Å²) in [6.45, 7) is 3.68. The van der Waals surface area contributed by atoms with Gasteiger partial charge < -0.3 is 20.1 Å². The fraction of sp³-hybridized carbons (Fsp3) is 0.667. The van der Waals surface area contributed by atoms with Gasteiger partial charge >= 0.3 is 6.36 Å². The number of ether oxygens (including phenoxy) is 1. The van der Waals surface area contributed by atoms with Gasteiger partial charge in [-0.2, -0.15) is 0 Å². The Morgan fingerprint density at radius 1 is 1.32 bits per heavy atom. The van der Waals surface area contributed by atoms with Crippen LogP contribution in [0.1, 0.15) is 30.9 Å². The predicted octanol–water partition coefficient (Wildman–Crippen LogP) is 1.51. The Bertz CT molecular complexity index is 555. The van der Waals surface area contributed by atoms with Crippen LogP contribution in [0.15, 0.2) is 12.4 Å². The smallest absolute Gasteiger partial charge is 0.381 e. The van der Waals surface area contributed by atoms with Crippen LogP contribution < -0.4 is 5.32 Å². The maximum Gasteiger partial charge on any atom is 0.519 e. The highest BCUT2D eigenvalue weighted by Crippen LogP contribution is 2.25. The fourth-order valence-corrected chi connectivity index (χ4v) is 2.53. The van der Waals surface area contributed by atoms with Crippen LogP contribution in [0.25, 0.3) is 0 Å². The van der Waals surface area contributed by atoms with E-state index < -0.39 is 6.36 Å². The molecule has 3 rings (SSSR count). The summed E-state index contributed by atoms with van der Waals surface area (Å²) in [6, 6.07) is 1.96. The zero-order chi connectivity index (χ0) is 18.3. The number of hydrogen-bond acceptors (Lipinski definition) is 6. The van der Waals surface area contributed by atoms with Crippen molar-refractivity contribution in [2.45, 2.75) is 31.5 Å². The molecule has 2 fully saturated rings. The van der Waals surface area contributed by atoms with Crippen molar-refractivity contribution in [3.63, 3.8) is 0 Å². The third-order valence-corrected chi connectivity index (χ3v) is 3.96. The van der Waals surface area contributed by atoms with Crippen molar-refractivity contribution in [2.75, 3.05) is 38.2 Å². The maximum atomic E-state index is 11.8. The van der Waals surface area contributed by atoms with Crippen molar-refractivity contribution in [3.05, 3.63) is 18.1 Å². The highest BCUT2D eigenvalue weighted by atomic mass is 19.4. The molecule has 1 amide bonds. The Morgan fingerprint density at radius 2 is 1.96 bits per heavy atom. The summed E-state index contributed by atoms with van der Waals surface area (Å²) in [5, 5.41) is 9.62. The lowest BCUT2D eigenvalue weighted by atomic mass is 9.96. The van der Waals surface area contributed by atoms with Crippen molar-refractivity contribution in [1.29, 1.82) is 0 Å². The van der Waals surface area contributed by atoms with E-state index in [-0.39, 0.29) is 5.91 Å². The van der Waals surface area contributed by atoms with Crippen LogP contribution in [-0.2, 0) is 9.53 Å². The molecule has 0 aromatic carbocycles. The molecule has 0 unspecified atom stereocenters. The van der Waals surface area contributed by atoms with Crippen molar-refractivity contribution in [3.8, 4) is 0 Å². The van der Waals surface area contributed by atoms with Crippen molar-refractivity contribution >= 4 is 11.7 Å². The quantitative estimate of drug-likeness (QED) is 0.844. The summed E-state index contributed by atoms with van der Waals surface area (Å²) in [5.74, 6) is 1.32. The number of anilines is 1. The average molecular weight is 362 g/mol. The minimum atomic E-state index is -5.00. The Labute approximate surface area is 143 Å². The van der Waals surface area contributed by atoms with E-state index in [1.165, 1.54) is 0 Å². The van der Waals surface area contributed by atoms with E-state index >= 15 is 0 Å². The van der Waals surface area contributed by atoms with Gasteiger partial charge in [-0.3, -0.25) is 4.79 Å². The number of nitrogens with one attached hydrogen (secondary N) is 1. The van der Waals surface area contributed by atoms with E-state index in [0.717, 1.165) is 57.1 Å². The lowest BCUT2D eigenvalue weighted by Gasteiger charge is -2.31. The second-order valence-corrected chi connectivity index (χ2v) is 5.77. The monoisotopic (exact) mass is 362 g/mol. The second kappa shape index (κ2) is 8.95. The number of aliphatic hydroxyl groups is 1. The SMILES string of the molecule is O=C(CNc1cc(C2CCOCC2)ncn1)N1CCC1.OC(F)(F)F.